The first-order valence-corrected chi connectivity index (χ1v) is 6.10. The molecule has 0 aromatic heterocycles. The zero-order valence-corrected chi connectivity index (χ0v) is 12.1. The number of hydrogen-bond donors (Lipinski definition) is 2. The van der Waals surface area contributed by atoms with Gasteiger partial charge in [0.15, 0.2) is 5.78 Å². The van der Waals surface area contributed by atoms with E-state index in [4.69, 9.17) is 14.6 Å². The molecule has 0 saturated carbocycles. The molecule has 8 heteroatoms. The first kappa shape index (κ1) is 21.2. The van der Waals surface area contributed by atoms with Gasteiger partial charge in [0, 0.05) is 18.6 Å². The van der Waals surface area contributed by atoms with Gasteiger partial charge in [-0.15, -0.1) is 0 Å². The molecule has 0 bridgehead atoms. The lowest BCUT2D eigenvalue weighted by molar-refractivity contribution is -0.192. The Morgan fingerprint density at radius 1 is 1.20 bits per heavy atom. The SMILES string of the molecule is CCNCC(C)(C)C(=O)COCC.O=C(O)C(F)(F)F. The highest BCUT2D eigenvalue weighted by molar-refractivity contribution is 5.85. The van der Waals surface area contributed by atoms with Crippen LogP contribution in [0.4, 0.5) is 13.2 Å². The van der Waals surface area contributed by atoms with Gasteiger partial charge in [-0.1, -0.05) is 20.8 Å². The van der Waals surface area contributed by atoms with Gasteiger partial charge in [0.25, 0.3) is 0 Å². The van der Waals surface area contributed by atoms with E-state index in [1.54, 1.807) is 0 Å². The van der Waals surface area contributed by atoms with E-state index in [1.807, 2.05) is 27.7 Å². The largest absolute Gasteiger partial charge is 0.490 e. The van der Waals surface area contributed by atoms with E-state index in [-0.39, 0.29) is 17.8 Å². The minimum atomic E-state index is -5.08. The van der Waals surface area contributed by atoms with Crippen LogP contribution in [0.3, 0.4) is 0 Å². The number of aliphatic carboxylic acids is 1. The van der Waals surface area contributed by atoms with Gasteiger partial charge in [0.2, 0.25) is 0 Å². The summed E-state index contributed by atoms with van der Waals surface area (Å²) in [6, 6.07) is 0. The van der Waals surface area contributed by atoms with Crippen LogP contribution in [-0.4, -0.2) is 49.3 Å². The van der Waals surface area contributed by atoms with Gasteiger partial charge in [-0.05, 0) is 13.5 Å². The first-order chi connectivity index (χ1) is 8.99. The van der Waals surface area contributed by atoms with Crippen molar-refractivity contribution >= 4 is 11.8 Å². The van der Waals surface area contributed by atoms with E-state index in [2.05, 4.69) is 5.32 Å². The summed E-state index contributed by atoms with van der Waals surface area (Å²) in [4.78, 5) is 20.5. The number of rotatable bonds is 7. The highest BCUT2D eigenvalue weighted by Crippen LogP contribution is 2.15. The van der Waals surface area contributed by atoms with Crippen LogP contribution < -0.4 is 5.32 Å². The number of ether oxygens (including phenoxy) is 1. The van der Waals surface area contributed by atoms with Crippen molar-refractivity contribution in [1.29, 1.82) is 0 Å². The third-order valence-electron chi connectivity index (χ3n) is 2.25. The number of carbonyl (C=O) groups excluding carboxylic acids is 1. The molecule has 120 valence electrons. The van der Waals surface area contributed by atoms with Gasteiger partial charge < -0.3 is 15.2 Å². The minimum absolute atomic E-state index is 0.162. The Morgan fingerprint density at radius 3 is 1.95 bits per heavy atom. The molecule has 0 amide bonds. The van der Waals surface area contributed by atoms with Crippen molar-refractivity contribution in [3.63, 3.8) is 0 Å². The topological polar surface area (TPSA) is 75.6 Å². The summed E-state index contributed by atoms with van der Waals surface area (Å²) in [5.74, 6) is -2.59. The van der Waals surface area contributed by atoms with E-state index in [1.165, 1.54) is 0 Å². The third-order valence-corrected chi connectivity index (χ3v) is 2.25. The van der Waals surface area contributed by atoms with Gasteiger partial charge in [-0.2, -0.15) is 13.2 Å². The molecule has 0 aliphatic heterocycles. The molecular formula is C12H22F3NO4. The molecule has 0 aromatic rings. The summed E-state index contributed by atoms with van der Waals surface area (Å²) in [7, 11) is 0. The van der Waals surface area contributed by atoms with Crippen molar-refractivity contribution in [3.05, 3.63) is 0 Å². The van der Waals surface area contributed by atoms with Crippen LogP contribution in [0.25, 0.3) is 0 Å². The molecule has 0 unspecified atom stereocenters. The fourth-order valence-electron chi connectivity index (χ4n) is 0.926. The van der Waals surface area contributed by atoms with Crippen LogP contribution in [0.15, 0.2) is 0 Å². The fraction of sp³-hybridized carbons (Fsp3) is 0.833. The molecule has 0 aliphatic rings. The molecule has 0 saturated heterocycles. The van der Waals surface area contributed by atoms with Crippen LogP contribution in [-0.2, 0) is 14.3 Å². The van der Waals surface area contributed by atoms with Crippen LogP contribution in [0.1, 0.15) is 27.7 Å². The number of hydrogen-bond acceptors (Lipinski definition) is 4. The average Bonchev–Trinajstić information content (AvgIpc) is 2.33. The lowest BCUT2D eigenvalue weighted by Gasteiger charge is -2.22. The second-order valence-electron chi connectivity index (χ2n) is 4.53. The summed E-state index contributed by atoms with van der Waals surface area (Å²) in [6.45, 7) is 10.3. The van der Waals surface area contributed by atoms with Crippen LogP contribution in [0.5, 0.6) is 0 Å². The van der Waals surface area contributed by atoms with E-state index in [0.29, 0.717) is 6.61 Å². The Balaban J connectivity index is 0. The molecule has 5 nitrogen and oxygen atoms in total. The van der Waals surface area contributed by atoms with E-state index < -0.39 is 12.1 Å². The second-order valence-corrected chi connectivity index (χ2v) is 4.53. The molecule has 2 N–H and O–H groups in total. The quantitative estimate of drug-likeness (QED) is 0.750. The average molecular weight is 301 g/mol. The Labute approximate surface area is 116 Å². The molecule has 0 aliphatic carbocycles. The number of ketones is 1. The first-order valence-electron chi connectivity index (χ1n) is 6.10. The number of halogens is 3. The van der Waals surface area contributed by atoms with Gasteiger partial charge >= 0.3 is 12.1 Å². The lowest BCUT2D eigenvalue weighted by Crippen LogP contribution is -2.38. The maximum absolute atomic E-state index is 11.6. The summed E-state index contributed by atoms with van der Waals surface area (Å²) in [6.07, 6.45) is -5.08. The lowest BCUT2D eigenvalue weighted by atomic mass is 9.88. The van der Waals surface area contributed by atoms with E-state index in [0.717, 1.165) is 13.1 Å². The van der Waals surface area contributed by atoms with Crippen molar-refractivity contribution in [2.24, 2.45) is 5.41 Å². The Morgan fingerprint density at radius 2 is 1.65 bits per heavy atom. The van der Waals surface area contributed by atoms with Gasteiger partial charge in [0.05, 0.1) is 0 Å². The number of carboxylic acids is 1. The normalized spacial score (nSPS) is 11.6. The summed E-state index contributed by atoms with van der Waals surface area (Å²) >= 11 is 0. The van der Waals surface area contributed by atoms with Crippen molar-refractivity contribution < 1.29 is 32.6 Å². The zero-order chi connectivity index (χ0) is 16.4. The maximum Gasteiger partial charge on any atom is 0.490 e. The van der Waals surface area contributed by atoms with Crippen molar-refractivity contribution in [2.45, 2.75) is 33.9 Å². The van der Waals surface area contributed by atoms with Crippen molar-refractivity contribution in [1.82, 2.24) is 5.32 Å². The summed E-state index contributed by atoms with van der Waals surface area (Å²) < 4.78 is 36.8. The molecule has 0 heterocycles. The minimum Gasteiger partial charge on any atom is -0.475 e. The molecule has 0 aromatic carbocycles. The fourth-order valence-corrected chi connectivity index (χ4v) is 0.926. The maximum atomic E-state index is 11.6. The smallest absolute Gasteiger partial charge is 0.475 e. The Kier molecular flexibility index (Phi) is 10.3. The van der Waals surface area contributed by atoms with Gasteiger partial charge in [-0.25, -0.2) is 4.79 Å². The van der Waals surface area contributed by atoms with Crippen LogP contribution in [0.2, 0.25) is 0 Å². The monoisotopic (exact) mass is 301 g/mol. The van der Waals surface area contributed by atoms with Gasteiger partial charge in [-0.3, -0.25) is 4.79 Å². The third kappa shape index (κ3) is 10.7. The molecule has 20 heavy (non-hydrogen) atoms. The van der Waals surface area contributed by atoms with Gasteiger partial charge in [0.1, 0.15) is 6.61 Å². The predicted octanol–water partition coefficient (Wildman–Crippen LogP) is 1.86. The number of alkyl halides is 3. The second kappa shape index (κ2) is 9.71. The highest BCUT2D eigenvalue weighted by Gasteiger charge is 2.38. The standard InChI is InChI=1S/C10H21NO2.C2HF3O2/c1-5-11-8-10(3,4)9(12)7-13-6-2;3-2(4,5)1(6)7/h11H,5-8H2,1-4H3;(H,6,7). The van der Waals surface area contributed by atoms with Crippen molar-refractivity contribution in [2.75, 3.05) is 26.3 Å². The molecular weight excluding hydrogens is 279 g/mol. The number of carboxylic acid groups (broad SMARTS) is 1. The van der Waals surface area contributed by atoms with Crippen molar-refractivity contribution in [3.8, 4) is 0 Å². The number of Topliss-reactive ketones (excluding diaryl/α,β-unsaturated/α-hetero) is 1. The van der Waals surface area contributed by atoms with E-state index in [9.17, 15) is 18.0 Å². The molecule has 0 spiro atoms. The van der Waals surface area contributed by atoms with E-state index >= 15 is 0 Å². The Hall–Kier alpha value is -1.15. The molecule has 0 radical (unpaired) electrons. The molecule has 0 fully saturated rings. The summed E-state index contributed by atoms with van der Waals surface area (Å²) in [5.41, 5.74) is -0.314. The molecule has 0 atom stereocenters. The number of nitrogens with one attached hydrogen (secondary N) is 1. The summed E-state index contributed by atoms with van der Waals surface area (Å²) in [5, 5.41) is 10.3. The number of carbonyl (C=O) groups is 2. The van der Waals surface area contributed by atoms with Crippen LogP contribution >= 0.6 is 0 Å². The Bertz CT molecular complexity index is 304. The van der Waals surface area contributed by atoms with Crippen LogP contribution in [0, 0.1) is 5.41 Å². The predicted molar refractivity (Wildman–Crippen MR) is 67.5 cm³/mol. The zero-order valence-electron chi connectivity index (χ0n) is 12.1. The highest BCUT2D eigenvalue weighted by atomic mass is 19.4. The molecule has 0 rings (SSSR count).